The number of rotatable bonds is 10. The highest BCUT2D eigenvalue weighted by molar-refractivity contribution is 7.91. The Morgan fingerprint density at radius 3 is 2.60 bits per heavy atom. The minimum Gasteiger partial charge on any atom is -0.380 e. The summed E-state index contributed by atoms with van der Waals surface area (Å²) in [6, 6.07) is 18.1. The summed E-state index contributed by atoms with van der Waals surface area (Å²) >= 11 is 0. The van der Waals surface area contributed by atoms with Gasteiger partial charge in [0.2, 0.25) is 0 Å². The Balaban J connectivity index is 1.61. The normalized spacial score (nSPS) is 11.2. The molecule has 0 aromatic heterocycles. The van der Waals surface area contributed by atoms with E-state index in [1.807, 2.05) is 24.3 Å². The standard InChI is InChI=1S/C19H22N2O3S/c20-15-18-8-4-9-19(14-18)25(22,23)13-12-24-11-5-10-21-16-17-6-2-1-3-7-17/h1-4,6-9,14,21H,5,10-13,16H2. The number of sulfone groups is 1. The van der Waals surface area contributed by atoms with E-state index >= 15 is 0 Å². The van der Waals surface area contributed by atoms with E-state index in [4.69, 9.17) is 10.00 Å². The molecule has 0 amide bonds. The van der Waals surface area contributed by atoms with Gasteiger partial charge in [-0.15, -0.1) is 0 Å². The van der Waals surface area contributed by atoms with E-state index in [0.29, 0.717) is 12.2 Å². The third-order valence-electron chi connectivity index (χ3n) is 3.63. The fourth-order valence-corrected chi connectivity index (χ4v) is 3.44. The molecular weight excluding hydrogens is 336 g/mol. The average Bonchev–Trinajstić information content (AvgIpc) is 2.64. The molecule has 0 heterocycles. The van der Waals surface area contributed by atoms with Crippen molar-refractivity contribution < 1.29 is 13.2 Å². The van der Waals surface area contributed by atoms with Crippen LogP contribution in [-0.2, 0) is 21.1 Å². The smallest absolute Gasteiger partial charge is 0.180 e. The van der Waals surface area contributed by atoms with E-state index in [1.165, 1.54) is 17.7 Å². The van der Waals surface area contributed by atoms with Crippen molar-refractivity contribution in [3.63, 3.8) is 0 Å². The molecule has 25 heavy (non-hydrogen) atoms. The fraction of sp³-hybridized carbons (Fsp3) is 0.316. The lowest BCUT2D eigenvalue weighted by Gasteiger charge is -2.07. The zero-order valence-corrected chi connectivity index (χ0v) is 14.8. The van der Waals surface area contributed by atoms with Crippen molar-refractivity contribution in [1.82, 2.24) is 5.32 Å². The van der Waals surface area contributed by atoms with Crippen LogP contribution in [0.25, 0.3) is 0 Å². The van der Waals surface area contributed by atoms with Gasteiger partial charge in [0, 0.05) is 13.2 Å². The number of benzene rings is 2. The fourth-order valence-electron chi connectivity index (χ4n) is 2.28. The van der Waals surface area contributed by atoms with E-state index in [9.17, 15) is 8.42 Å². The highest BCUT2D eigenvalue weighted by atomic mass is 32.2. The maximum Gasteiger partial charge on any atom is 0.180 e. The van der Waals surface area contributed by atoms with Crippen LogP contribution in [0.15, 0.2) is 59.5 Å². The molecule has 2 rings (SSSR count). The lowest BCUT2D eigenvalue weighted by Crippen LogP contribution is -2.18. The van der Waals surface area contributed by atoms with Gasteiger partial charge >= 0.3 is 0 Å². The molecule has 1 N–H and O–H groups in total. The number of hydrogen-bond donors (Lipinski definition) is 1. The van der Waals surface area contributed by atoms with Crippen LogP contribution in [-0.4, -0.2) is 33.9 Å². The van der Waals surface area contributed by atoms with Gasteiger partial charge in [0.15, 0.2) is 9.84 Å². The maximum absolute atomic E-state index is 12.2. The molecular formula is C19H22N2O3S. The van der Waals surface area contributed by atoms with Gasteiger partial charge in [0.1, 0.15) is 0 Å². The van der Waals surface area contributed by atoms with E-state index in [1.54, 1.807) is 12.1 Å². The molecule has 0 aliphatic rings. The molecule has 0 aliphatic heterocycles. The Hall–Kier alpha value is -2.20. The van der Waals surface area contributed by atoms with Gasteiger partial charge in [-0.1, -0.05) is 36.4 Å². The minimum absolute atomic E-state index is 0.0840. The van der Waals surface area contributed by atoms with Gasteiger partial charge < -0.3 is 10.1 Å². The van der Waals surface area contributed by atoms with Crippen LogP contribution in [0, 0.1) is 11.3 Å². The molecule has 6 heteroatoms. The number of nitriles is 1. The first-order chi connectivity index (χ1) is 12.1. The summed E-state index contributed by atoms with van der Waals surface area (Å²) in [6.45, 7) is 2.28. The van der Waals surface area contributed by atoms with Crippen molar-refractivity contribution in [1.29, 1.82) is 5.26 Å². The average molecular weight is 358 g/mol. The van der Waals surface area contributed by atoms with Gasteiger partial charge in [0.05, 0.1) is 28.9 Å². The molecule has 2 aromatic carbocycles. The second kappa shape index (κ2) is 9.94. The molecule has 0 radical (unpaired) electrons. The molecule has 5 nitrogen and oxygen atoms in total. The molecule has 0 spiro atoms. The summed E-state index contributed by atoms with van der Waals surface area (Å²) in [5, 5.41) is 12.2. The van der Waals surface area contributed by atoms with Crippen molar-refractivity contribution in [3.05, 3.63) is 65.7 Å². The second-order valence-electron chi connectivity index (χ2n) is 5.59. The van der Waals surface area contributed by atoms with Crippen LogP contribution in [0.4, 0.5) is 0 Å². The molecule has 0 aliphatic carbocycles. The highest BCUT2D eigenvalue weighted by Gasteiger charge is 2.14. The Kier molecular flexibility index (Phi) is 7.61. The van der Waals surface area contributed by atoms with Crippen molar-refractivity contribution in [2.24, 2.45) is 0 Å². The number of nitrogens with one attached hydrogen (secondary N) is 1. The molecule has 0 fully saturated rings. The Morgan fingerprint density at radius 1 is 1.04 bits per heavy atom. The summed E-state index contributed by atoms with van der Waals surface area (Å²) in [5.41, 5.74) is 1.57. The predicted molar refractivity (Wildman–Crippen MR) is 96.8 cm³/mol. The minimum atomic E-state index is -3.42. The molecule has 0 saturated heterocycles. The van der Waals surface area contributed by atoms with E-state index in [2.05, 4.69) is 17.4 Å². The van der Waals surface area contributed by atoms with E-state index in [0.717, 1.165) is 19.5 Å². The lowest BCUT2D eigenvalue weighted by atomic mass is 10.2. The van der Waals surface area contributed by atoms with Gasteiger partial charge in [-0.3, -0.25) is 0 Å². The number of hydrogen-bond acceptors (Lipinski definition) is 5. The Labute approximate surface area is 149 Å². The number of nitrogens with zero attached hydrogens (tertiary/aromatic N) is 1. The van der Waals surface area contributed by atoms with E-state index in [-0.39, 0.29) is 17.3 Å². The molecule has 0 bridgehead atoms. The van der Waals surface area contributed by atoms with Crippen molar-refractivity contribution >= 4 is 9.84 Å². The maximum atomic E-state index is 12.2. The van der Waals surface area contributed by atoms with Crippen LogP contribution in [0.2, 0.25) is 0 Å². The zero-order valence-electron chi connectivity index (χ0n) is 14.0. The van der Waals surface area contributed by atoms with Crippen molar-refractivity contribution in [3.8, 4) is 6.07 Å². The quantitative estimate of drug-likeness (QED) is 0.660. The van der Waals surface area contributed by atoms with E-state index < -0.39 is 9.84 Å². The zero-order chi connectivity index (χ0) is 18.0. The molecule has 0 saturated carbocycles. The van der Waals surface area contributed by atoms with Gasteiger partial charge in [0.25, 0.3) is 0 Å². The largest absolute Gasteiger partial charge is 0.380 e. The second-order valence-corrected chi connectivity index (χ2v) is 7.70. The van der Waals surface area contributed by atoms with Gasteiger partial charge in [-0.05, 0) is 36.7 Å². The van der Waals surface area contributed by atoms with Crippen LogP contribution in [0.1, 0.15) is 17.5 Å². The first-order valence-corrected chi connectivity index (χ1v) is 9.82. The monoisotopic (exact) mass is 358 g/mol. The lowest BCUT2D eigenvalue weighted by molar-refractivity contribution is 0.146. The molecule has 0 atom stereocenters. The predicted octanol–water partition coefficient (Wildman–Crippen LogP) is 2.53. The summed E-state index contributed by atoms with van der Waals surface area (Å²) < 4.78 is 29.8. The summed E-state index contributed by atoms with van der Waals surface area (Å²) in [6.07, 6.45) is 0.816. The van der Waals surface area contributed by atoms with Crippen molar-refractivity contribution in [2.45, 2.75) is 17.9 Å². The Morgan fingerprint density at radius 2 is 1.84 bits per heavy atom. The van der Waals surface area contributed by atoms with Crippen LogP contribution < -0.4 is 5.32 Å². The third kappa shape index (κ3) is 6.67. The molecule has 132 valence electrons. The summed E-state index contributed by atoms with van der Waals surface area (Å²) in [7, 11) is -3.42. The number of ether oxygens (including phenoxy) is 1. The SMILES string of the molecule is N#Cc1cccc(S(=O)(=O)CCOCCCNCc2ccccc2)c1. The third-order valence-corrected chi connectivity index (χ3v) is 5.31. The van der Waals surface area contributed by atoms with Gasteiger partial charge in [-0.2, -0.15) is 5.26 Å². The van der Waals surface area contributed by atoms with Crippen LogP contribution in [0.5, 0.6) is 0 Å². The van der Waals surface area contributed by atoms with Crippen LogP contribution >= 0.6 is 0 Å². The molecule has 0 unspecified atom stereocenters. The summed E-state index contributed by atoms with van der Waals surface area (Å²) in [4.78, 5) is 0.166. The topological polar surface area (TPSA) is 79.2 Å². The summed E-state index contributed by atoms with van der Waals surface area (Å²) in [5.74, 6) is -0.0840. The molecule has 2 aromatic rings. The first-order valence-electron chi connectivity index (χ1n) is 8.17. The van der Waals surface area contributed by atoms with Gasteiger partial charge in [-0.25, -0.2) is 8.42 Å². The van der Waals surface area contributed by atoms with Crippen LogP contribution in [0.3, 0.4) is 0 Å². The Bertz CT molecular complexity index is 799. The highest BCUT2D eigenvalue weighted by Crippen LogP contribution is 2.12. The first kappa shape index (κ1) is 19.1. The van der Waals surface area contributed by atoms with Crippen molar-refractivity contribution in [2.75, 3.05) is 25.5 Å².